The van der Waals surface area contributed by atoms with Crippen LogP contribution in [0.4, 0.5) is 4.39 Å². The number of rotatable bonds is 2. The summed E-state index contributed by atoms with van der Waals surface area (Å²) in [6.45, 7) is 3.76. The average molecular weight is 228 g/mol. The second-order valence-electron chi connectivity index (χ2n) is 4.18. The average Bonchev–Trinajstić information content (AvgIpc) is 2.28. The summed E-state index contributed by atoms with van der Waals surface area (Å²) in [7, 11) is 0. The maximum Gasteiger partial charge on any atom is 0.150 e. The largest absolute Gasteiger partial charge is 0.298 e. The monoisotopic (exact) mass is 228 g/mol. The third-order valence-corrected chi connectivity index (χ3v) is 2.77. The highest BCUT2D eigenvalue weighted by atomic mass is 19.1. The van der Waals surface area contributed by atoms with Gasteiger partial charge in [-0.3, -0.25) is 4.79 Å². The number of hydrogen-bond acceptors (Lipinski definition) is 1. The van der Waals surface area contributed by atoms with E-state index in [1.54, 1.807) is 24.3 Å². The van der Waals surface area contributed by atoms with Crippen LogP contribution in [0.3, 0.4) is 0 Å². The van der Waals surface area contributed by atoms with Crippen molar-refractivity contribution < 1.29 is 9.18 Å². The Labute approximate surface area is 99.9 Å². The molecule has 0 bridgehead atoms. The van der Waals surface area contributed by atoms with E-state index < -0.39 is 0 Å². The van der Waals surface area contributed by atoms with E-state index in [0.29, 0.717) is 11.1 Å². The number of benzene rings is 2. The summed E-state index contributed by atoms with van der Waals surface area (Å²) in [6.07, 6.45) is 0.780. The molecule has 2 aromatic rings. The van der Waals surface area contributed by atoms with Gasteiger partial charge in [0.2, 0.25) is 0 Å². The molecule has 0 amide bonds. The van der Waals surface area contributed by atoms with E-state index in [9.17, 15) is 9.18 Å². The molecular formula is C15H13FO. The minimum atomic E-state index is -0.221. The van der Waals surface area contributed by atoms with Gasteiger partial charge in [0, 0.05) is 11.1 Å². The molecule has 86 valence electrons. The quantitative estimate of drug-likeness (QED) is 0.712. The van der Waals surface area contributed by atoms with Crippen molar-refractivity contribution in [2.75, 3.05) is 0 Å². The lowest BCUT2D eigenvalue weighted by Gasteiger charge is -2.09. The van der Waals surface area contributed by atoms with Crippen molar-refractivity contribution in [3.63, 3.8) is 0 Å². The van der Waals surface area contributed by atoms with E-state index in [1.165, 1.54) is 6.07 Å². The molecule has 0 saturated heterocycles. The molecule has 0 saturated carbocycles. The normalized spacial score (nSPS) is 10.3. The summed E-state index contributed by atoms with van der Waals surface area (Å²) in [5.41, 5.74) is 3.81. The van der Waals surface area contributed by atoms with Crippen LogP contribution >= 0.6 is 0 Å². The lowest BCUT2D eigenvalue weighted by molar-refractivity contribution is 0.112. The van der Waals surface area contributed by atoms with Crippen LogP contribution in [0.5, 0.6) is 0 Å². The van der Waals surface area contributed by atoms with E-state index in [0.717, 1.165) is 23.0 Å². The van der Waals surface area contributed by atoms with E-state index in [2.05, 4.69) is 0 Å². The van der Waals surface area contributed by atoms with Crippen LogP contribution in [0, 0.1) is 19.7 Å². The number of hydrogen-bond donors (Lipinski definition) is 0. The molecule has 0 heterocycles. The molecule has 2 aromatic carbocycles. The topological polar surface area (TPSA) is 17.1 Å². The van der Waals surface area contributed by atoms with Crippen molar-refractivity contribution in [2.24, 2.45) is 0 Å². The predicted molar refractivity (Wildman–Crippen MR) is 66.7 cm³/mol. The highest BCUT2D eigenvalue weighted by Gasteiger charge is 2.09. The maximum atomic E-state index is 13.9. The van der Waals surface area contributed by atoms with Crippen LogP contribution in [-0.2, 0) is 0 Å². The van der Waals surface area contributed by atoms with Gasteiger partial charge in [0.05, 0.1) is 0 Å². The number of aryl methyl sites for hydroxylation is 2. The van der Waals surface area contributed by atoms with Crippen LogP contribution in [-0.4, -0.2) is 6.29 Å². The number of halogens is 1. The fourth-order valence-corrected chi connectivity index (χ4v) is 2.01. The van der Waals surface area contributed by atoms with Crippen LogP contribution in [0.15, 0.2) is 36.4 Å². The first kappa shape index (κ1) is 11.5. The molecule has 0 aromatic heterocycles. The van der Waals surface area contributed by atoms with Gasteiger partial charge in [-0.15, -0.1) is 0 Å². The highest BCUT2D eigenvalue weighted by Crippen LogP contribution is 2.27. The molecule has 17 heavy (non-hydrogen) atoms. The second-order valence-corrected chi connectivity index (χ2v) is 4.18. The first-order valence-electron chi connectivity index (χ1n) is 5.44. The number of aldehydes is 1. The first-order valence-corrected chi connectivity index (χ1v) is 5.44. The van der Waals surface area contributed by atoms with Gasteiger partial charge in [-0.1, -0.05) is 30.3 Å². The molecule has 0 radical (unpaired) electrons. The SMILES string of the molecule is Cc1cc(C)c(-c2ccc(C=O)cc2)c(F)c1. The van der Waals surface area contributed by atoms with Crippen molar-refractivity contribution in [3.05, 3.63) is 58.9 Å². The Morgan fingerprint density at radius 1 is 1.06 bits per heavy atom. The summed E-state index contributed by atoms with van der Waals surface area (Å²) < 4.78 is 13.9. The molecule has 2 rings (SSSR count). The fraction of sp³-hybridized carbons (Fsp3) is 0.133. The van der Waals surface area contributed by atoms with Crippen LogP contribution in [0.1, 0.15) is 21.5 Å². The second kappa shape index (κ2) is 4.50. The molecule has 0 unspecified atom stereocenters. The maximum absolute atomic E-state index is 13.9. The van der Waals surface area contributed by atoms with Gasteiger partial charge in [0.1, 0.15) is 12.1 Å². The minimum Gasteiger partial charge on any atom is -0.298 e. The Morgan fingerprint density at radius 3 is 2.24 bits per heavy atom. The molecule has 0 aliphatic carbocycles. The van der Waals surface area contributed by atoms with Crippen molar-refractivity contribution in [1.82, 2.24) is 0 Å². The smallest absolute Gasteiger partial charge is 0.150 e. The van der Waals surface area contributed by atoms with Crippen molar-refractivity contribution in [3.8, 4) is 11.1 Å². The van der Waals surface area contributed by atoms with Gasteiger partial charge in [-0.25, -0.2) is 4.39 Å². The van der Waals surface area contributed by atoms with Crippen molar-refractivity contribution in [2.45, 2.75) is 13.8 Å². The number of carbonyl (C=O) groups excluding carboxylic acids is 1. The molecule has 0 N–H and O–H groups in total. The summed E-state index contributed by atoms with van der Waals surface area (Å²) in [5.74, 6) is -0.221. The Hall–Kier alpha value is -1.96. The third-order valence-electron chi connectivity index (χ3n) is 2.77. The van der Waals surface area contributed by atoms with Gasteiger partial charge >= 0.3 is 0 Å². The zero-order valence-electron chi connectivity index (χ0n) is 9.83. The lowest BCUT2D eigenvalue weighted by Crippen LogP contribution is -1.91. The zero-order chi connectivity index (χ0) is 12.4. The van der Waals surface area contributed by atoms with E-state index >= 15 is 0 Å². The van der Waals surface area contributed by atoms with E-state index in [1.807, 2.05) is 19.9 Å². The van der Waals surface area contributed by atoms with Crippen LogP contribution in [0.25, 0.3) is 11.1 Å². The molecule has 2 heteroatoms. The highest BCUT2D eigenvalue weighted by molar-refractivity contribution is 5.77. The molecular weight excluding hydrogens is 215 g/mol. The molecule has 1 nitrogen and oxygen atoms in total. The van der Waals surface area contributed by atoms with Crippen LogP contribution < -0.4 is 0 Å². The summed E-state index contributed by atoms with van der Waals surface area (Å²) >= 11 is 0. The van der Waals surface area contributed by atoms with Gasteiger partial charge in [0.25, 0.3) is 0 Å². The Morgan fingerprint density at radius 2 is 1.71 bits per heavy atom. The Bertz CT molecular complexity index is 533. The van der Waals surface area contributed by atoms with E-state index in [4.69, 9.17) is 0 Å². The lowest BCUT2D eigenvalue weighted by atomic mass is 9.97. The standard InChI is InChI=1S/C15H13FO/c1-10-7-11(2)15(14(16)8-10)13-5-3-12(9-17)4-6-13/h3-9H,1-2H3. The molecule has 0 fully saturated rings. The molecule has 0 aliphatic heterocycles. The van der Waals surface area contributed by atoms with Gasteiger partial charge in [-0.05, 0) is 36.6 Å². The fourth-order valence-electron chi connectivity index (χ4n) is 2.01. The zero-order valence-corrected chi connectivity index (χ0v) is 9.83. The Balaban J connectivity index is 2.56. The van der Waals surface area contributed by atoms with Gasteiger partial charge in [0.15, 0.2) is 0 Å². The minimum absolute atomic E-state index is 0.221. The third kappa shape index (κ3) is 2.26. The van der Waals surface area contributed by atoms with E-state index in [-0.39, 0.29) is 5.82 Å². The summed E-state index contributed by atoms with van der Waals surface area (Å²) in [4.78, 5) is 10.6. The van der Waals surface area contributed by atoms with Crippen LogP contribution in [0.2, 0.25) is 0 Å². The summed E-state index contributed by atoms with van der Waals surface area (Å²) in [6, 6.07) is 10.4. The molecule has 0 spiro atoms. The first-order chi connectivity index (χ1) is 8.11. The van der Waals surface area contributed by atoms with Gasteiger partial charge in [-0.2, -0.15) is 0 Å². The van der Waals surface area contributed by atoms with Crippen molar-refractivity contribution in [1.29, 1.82) is 0 Å². The Kier molecular flexibility index (Phi) is 3.05. The molecule has 0 aliphatic rings. The van der Waals surface area contributed by atoms with Crippen molar-refractivity contribution >= 4 is 6.29 Å². The summed E-state index contributed by atoms with van der Waals surface area (Å²) in [5, 5.41) is 0. The number of carbonyl (C=O) groups is 1. The molecule has 0 atom stereocenters. The predicted octanol–water partition coefficient (Wildman–Crippen LogP) is 3.92. The van der Waals surface area contributed by atoms with Gasteiger partial charge < -0.3 is 0 Å².